The average Bonchev–Trinajstić information content (AvgIpc) is 2.53. The molecule has 2 rings (SSSR count). The molecule has 3 nitrogen and oxygen atoms in total. The second-order valence-corrected chi connectivity index (χ2v) is 4.82. The lowest BCUT2D eigenvalue weighted by atomic mass is 9.97. The highest BCUT2D eigenvalue weighted by atomic mass is 15.3. The van der Waals surface area contributed by atoms with Crippen LogP contribution in [0.4, 0.5) is 11.6 Å². The average molecular weight is 267 g/mol. The molecular weight excluding hydrogens is 246 g/mol. The summed E-state index contributed by atoms with van der Waals surface area (Å²) in [7, 11) is 0. The quantitative estimate of drug-likeness (QED) is 0.734. The van der Waals surface area contributed by atoms with Gasteiger partial charge in [0.2, 0.25) is 0 Å². The topological polar surface area (TPSA) is 29.0 Å². The van der Waals surface area contributed by atoms with Crippen LogP contribution in [0.2, 0.25) is 0 Å². The van der Waals surface area contributed by atoms with Gasteiger partial charge in [0, 0.05) is 18.4 Å². The van der Waals surface area contributed by atoms with Crippen LogP contribution < -0.4 is 4.90 Å². The van der Waals surface area contributed by atoms with Gasteiger partial charge >= 0.3 is 0 Å². The molecule has 2 atom stereocenters. The van der Waals surface area contributed by atoms with E-state index in [1.807, 2.05) is 54.9 Å². The van der Waals surface area contributed by atoms with Crippen LogP contribution in [0.5, 0.6) is 0 Å². The SMILES string of the molecule is C=CC(C)C(CC)N(c1ccccn1)c1ccccn1. The van der Waals surface area contributed by atoms with E-state index in [0.29, 0.717) is 5.92 Å². The van der Waals surface area contributed by atoms with Crippen LogP contribution in [0.3, 0.4) is 0 Å². The Morgan fingerprint density at radius 2 is 1.65 bits per heavy atom. The van der Waals surface area contributed by atoms with E-state index in [4.69, 9.17) is 0 Å². The Morgan fingerprint density at radius 3 is 2.00 bits per heavy atom. The normalized spacial score (nSPS) is 13.5. The first-order valence-electron chi connectivity index (χ1n) is 7.01. The van der Waals surface area contributed by atoms with Gasteiger partial charge in [0.15, 0.2) is 0 Å². The van der Waals surface area contributed by atoms with Crippen molar-refractivity contribution in [1.82, 2.24) is 9.97 Å². The summed E-state index contributed by atoms with van der Waals surface area (Å²) >= 11 is 0. The monoisotopic (exact) mass is 267 g/mol. The lowest BCUT2D eigenvalue weighted by Gasteiger charge is -2.34. The van der Waals surface area contributed by atoms with Gasteiger partial charge in [-0.1, -0.05) is 32.1 Å². The van der Waals surface area contributed by atoms with Crippen molar-refractivity contribution in [3.8, 4) is 0 Å². The lowest BCUT2D eigenvalue weighted by Crippen LogP contribution is -2.36. The van der Waals surface area contributed by atoms with Crippen molar-refractivity contribution in [2.45, 2.75) is 26.3 Å². The van der Waals surface area contributed by atoms with Crippen molar-refractivity contribution in [3.63, 3.8) is 0 Å². The van der Waals surface area contributed by atoms with Crippen LogP contribution in [-0.4, -0.2) is 16.0 Å². The predicted molar refractivity (Wildman–Crippen MR) is 84.1 cm³/mol. The van der Waals surface area contributed by atoms with E-state index >= 15 is 0 Å². The summed E-state index contributed by atoms with van der Waals surface area (Å²) in [5, 5.41) is 0. The van der Waals surface area contributed by atoms with Gasteiger partial charge in [-0.25, -0.2) is 9.97 Å². The zero-order chi connectivity index (χ0) is 14.4. The Labute approximate surface area is 121 Å². The van der Waals surface area contributed by atoms with Gasteiger partial charge < -0.3 is 4.90 Å². The van der Waals surface area contributed by atoms with Gasteiger partial charge in [-0.3, -0.25) is 0 Å². The Hall–Kier alpha value is -2.16. The molecule has 0 aromatic carbocycles. The van der Waals surface area contributed by atoms with Crippen molar-refractivity contribution in [2.75, 3.05) is 4.90 Å². The van der Waals surface area contributed by atoms with E-state index in [2.05, 4.69) is 35.3 Å². The fourth-order valence-electron chi connectivity index (χ4n) is 2.40. The fourth-order valence-corrected chi connectivity index (χ4v) is 2.40. The molecule has 0 saturated heterocycles. The largest absolute Gasteiger partial charge is 0.307 e. The zero-order valence-corrected chi connectivity index (χ0v) is 12.1. The summed E-state index contributed by atoms with van der Waals surface area (Å²) in [6, 6.07) is 12.2. The van der Waals surface area contributed by atoms with Gasteiger partial charge in [0.05, 0.1) is 0 Å². The molecule has 2 aromatic rings. The first-order valence-corrected chi connectivity index (χ1v) is 7.01. The van der Waals surface area contributed by atoms with Crippen LogP contribution in [0.15, 0.2) is 61.4 Å². The third-order valence-electron chi connectivity index (χ3n) is 3.52. The number of pyridine rings is 2. The standard InChI is InChI=1S/C17H21N3/c1-4-14(3)15(5-2)20(16-10-6-8-12-18-16)17-11-7-9-13-19-17/h4,6-15H,1,5H2,2-3H3. The molecule has 0 spiro atoms. The molecule has 2 aromatic heterocycles. The molecule has 0 aliphatic heterocycles. The number of rotatable bonds is 6. The number of nitrogens with zero attached hydrogens (tertiary/aromatic N) is 3. The summed E-state index contributed by atoms with van der Waals surface area (Å²) in [4.78, 5) is 11.2. The molecule has 3 heteroatoms. The molecular formula is C17H21N3. The Kier molecular flexibility index (Phi) is 4.88. The van der Waals surface area contributed by atoms with E-state index in [0.717, 1.165) is 18.1 Å². The van der Waals surface area contributed by atoms with Crippen molar-refractivity contribution in [1.29, 1.82) is 0 Å². The third kappa shape index (κ3) is 3.05. The smallest absolute Gasteiger partial charge is 0.134 e. The maximum Gasteiger partial charge on any atom is 0.134 e. The minimum absolute atomic E-state index is 0.289. The third-order valence-corrected chi connectivity index (χ3v) is 3.52. The summed E-state index contributed by atoms with van der Waals surface area (Å²) in [6.07, 6.45) is 6.63. The van der Waals surface area contributed by atoms with Gasteiger partial charge in [0.25, 0.3) is 0 Å². The number of hydrogen-bond acceptors (Lipinski definition) is 3. The van der Waals surface area contributed by atoms with Gasteiger partial charge in [-0.05, 0) is 36.6 Å². The Bertz CT molecular complexity index is 485. The van der Waals surface area contributed by atoms with Gasteiger partial charge in [-0.2, -0.15) is 0 Å². The second-order valence-electron chi connectivity index (χ2n) is 4.82. The van der Waals surface area contributed by atoms with Crippen molar-refractivity contribution < 1.29 is 0 Å². The fraction of sp³-hybridized carbons (Fsp3) is 0.294. The molecule has 0 fully saturated rings. The molecule has 2 heterocycles. The lowest BCUT2D eigenvalue weighted by molar-refractivity contribution is 0.508. The van der Waals surface area contributed by atoms with Crippen molar-refractivity contribution in [3.05, 3.63) is 61.4 Å². The molecule has 0 aliphatic rings. The maximum atomic E-state index is 4.49. The minimum atomic E-state index is 0.289. The molecule has 0 radical (unpaired) electrons. The minimum Gasteiger partial charge on any atom is -0.307 e. The van der Waals surface area contributed by atoms with Crippen LogP contribution in [0, 0.1) is 5.92 Å². The highest BCUT2D eigenvalue weighted by molar-refractivity contribution is 5.56. The molecule has 0 bridgehead atoms. The Balaban J connectivity index is 2.46. The highest BCUT2D eigenvalue weighted by Crippen LogP contribution is 2.29. The zero-order valence-electron chi connectivity index (χ0n) is 12.1. The molecule has 0 N–H and O–H groups in total. The maximum absolute atomic E-state index is 4.49. The second kappa shape index (κ2) is 6.85. The van der Waals surface area contributed by atoms with Crippen LogP contribution in [0.1, 0.15) is 20.3 Å². The molecule has 0 amide bonds. The molecule has 20 heavy (non-hydrogen) atoms. The molecule has 2 unspecified atom stereocenters. The number of aromatic nitrogens is 2. The van der Waals surface area contributed by atoms with E-state index in [1.54, 1.807) is 0 Å². The predicted octanol–water partition coefficient (Wildman–Crippen LogP) is 4.22. The summed E-state index contributed by atoms with van der Waals surface area (Å²) in [5.74, 6) is 2.20. The van der Waals surface area contributed by atoms with Crippen molar-refractivity contribution in [2.24, 2.45) is 5.92 Å². The number of hydrogen-bond donors (Lipinski definition) is 0. The molecule has 0 aliphatic carbocycles. The van der Waals surface area contributed by atoms with E-state index in [-0.39, 0.29) is 6.04 Å². The van der Waals surface area contributed by atoms with Crippen LogP contribution in [0.25, 0.3) is 0 Å². The molecule has 0 saturated carbocycles. The van der Waals surface area contributed by atoms with Gasteiger partial charge in [0.1, 0.15) is 11.6 Å². The van der Waals surface area contributed by atoms with Crippen LogP contribution >= 0.6 is 0 Å². The first-order chi connectivity index (χ1) is 9.77. The first kappa shape index (κ1) is 14.3. The van der Waals surface area contributed by atoms with E-state index in [9.17, 15) is 0 Å². The summed E-state index contributed by atoms with van der Waals surface area (Å²) in [6.45, 7) is 8.30. The van der Waals surface area contributed by atoms with E-state index < -0.39 is 0 Å². The summed E-state index contributed by atoms with van der Waals surface area (Å²) in [5.41, 5.74) is 0. The van der Waals surface area contributed by atoms with E-state index in [1.165, 1.54) is 0 Å². The highest BCUT2D eigenvalue weighted by Gasteiger charge is 2.24. The molecule has 104 valence electrons. The van der Waals surface area contributed by atoms with Crippen molar-refractivity contribution >= 4 is 11.6 Å². The summed E-state index contributed by atoms with van der Waals surface area (Å²) < 4.78 is 0. The van der Waals surface area contributed by atoms with Crippen LogP contribution in [-0.2, 0) is 0 Å². The number of anilines is 2. The Morgan fingerprint density at radius 1 is 1.10 bits per heavy atom. The van der Waals surface area contributed by atoms with Gasteiger partial charge in [-0.15, -0.1) is 6.58 Å².